The molecule has 9 heteroatoms. The molecule has 1 aromatic heterocycles. The van der Waals surface area contributed by atoms with E-state index >= 15 is 0 Å². The lowest BCUT2D eigenvalue weighted by atomic mass is 10.2. The van der Waals surface area contributed by atoms with E-state index < -0.39 is 18.9 Å². The zero-order chi connectivity index (χ0) is 14.6. The highest BCUT2D eigenvalue weighted by Crippen LogP contribution is 2.18. The largest absolute Gasteiger partial charge is 0.440 e. The van der Waals surface area contributed by atoms with Crippen molar-refractivity contribution in [2.45, 2.75) is 6.18 Å². The number of alkyl halides is 3. The summed E-state index contributed by atoms with van der Waals surface area (Å²) in [7, 11) is 0. The highest BCUT2D eigenvalue weighted by atomic mass is 19.4. The molecule has 106 valence electrons. The summed E-state index contributed by atoms with van der Waals surface area (Å²) >= 11 is 0. The van der Waals surface area contributed by atoms with Gasteiger partial charge in [0.15, 0.2) is 6.61 Å². The van der Waals surface area contributed by atoms with Crippen LogP contribution in [0.15, 0.2) is 35.2 Å². The van der Waals surface area contributed by atoms with Crippen LogP contribution in [-0.4, -0.2) is 29.0 Å². The number of anilines is 1. The summed E-state index contributed by atoms with van der Waals surface area (Å²) in [5.74, 6) is 0.358. The van der Waals surface area contributed by atoms with Crippen LogP contribution in [0.1, 0.15) is 0 Å². The molecule has 2 aromatic rings. The molecule has 0 spiro atoms. The van der Waals surface area contributed by atoms with Gasteiger partial charge in [-0.25, -0.2) is 4.79 Å². The first-order valence-electron chi connectivity index (χ1n) is 5.31. The van der Waals surface area contributed by atoms with E-state index in [4.69, 9.17) is 0 Å². The third-order valence-electron chi connectivity index (χ3n) is 2.12. The van der Waals surface area contributed by atoms with Crippen LogP contribution < -0.4 is 5.32 Å². The van der Waals surface area contributed by atoms with Crippen molar-refractivity contribution >= 4 is 11.8 Å². The lowest BCUT2D eigenvalue weighted by Crippen LogP contribution is -2.23. The smallest absolute Gasteiger partial charge is 0.422 e. The zero-order valence-electron chi connectivity index (χ0n) is 9.85. The van der Waals surface area contributed by atoms with E-state index in [9.17, 15) is 18.0 Å². The highest BCUT2D eigenvalue weighted by molar-refractivity contribution is 5.84. The maximum Gasteiger partial charge on any atom is 0.422 e. The van der Waals surface area contributed by atoms with Gasteiger partial charge in [0.1, 0.15) is 0 Å². The van der Waals surface area contributed by atoms with E-state index in [-0.39, 0.29) is 5.69 Å². The Labute approximate surface area is 110 Å². The second kappa shape index (κ2) is 5.59. The molecule has 1 N–H and O–H groups in total. The monoisotopic (exact) mass is 287 g/mol. The molecule has 0 bridgehead atoms. The Balaban J connectivity index is 1.92. The summed E-state index contributed by atoms with van der Waals surface area (Å²) < 4.78 is 44.1. The van der Waals surface area contributed by atoms with Gasteiger partial charge in [-0.2, -0.15) is 18.2 Å². The van der Waals surface area contributed by atoms with Crippen LogP contribution >= 0.6 is 0 Å². The van der Waals surface area contributed by atoms with Crippen LogP contribution in [-0.2, 0) is 4.74 Å². The predicted molar refractivity (Wildman–Crippen MR) is 60.8 cm³/mol. The van der Waals surface area contributed by atoms with Crippen LogP contribution in [0.3, 0.4) is 0 Å². The van der Waals surface area contributed by atoms with Crippen LogP contribution in [0, 0.1) is 0 Å². The number of hydrogen-bond acceptors (Lipinski definition) is 5. The predicted octanol–water partition coefficient (Wildman–Crippen LogP) is 2.85. The number of nitrogens with zero attached hydrogens (tertiary/aromatic N) is 2. The summed E-state index contributed by atoms with van der Waals surface area (Å²) in [6, 6.07) is 6.09. The van der Waals surface area contributed by atoms with E-state index in [1.165, 1.54) is 12.1 Å². The molecule has 1 amide bonds. The molecule has 2 rings (SSSR count). The van der Waals surface area contributed by atoms with Crippen molar-refractivity contribution in [2.75, 3.05) is 11.9 Å². The molecular formula is C11H8F3N3O3. The van der Waals surface area contributed by atoms with Gasteiger partial charge in [-0.3, -0.25) is 5.32 Å². The van der Waals surface area contributed by atoms with Gasteiger partial charge in [0.2, 0.25) is 12.2 Å². The molecule has 1 heterocycles. The molecule has 20 heavy (non-hydrogen) atoms. The third kappa shape index (κ3) is 3.97. The van der Waals surface area contributed by atoms with Crippen LogP contribution in [0.25, 0.3) is 11.4 Å². The minimum atomic E-state index is -4.56. The number of nitrogens with one attached hydrogen (secondary N) is 1. The average Bonchev–Trinajstić information content (AvgIpc) is 2.90. The summed E-state index contributed by atoms with van der Waals surface area (Å²) in [6.07, 6.45) is -4.58. The third-order valence-corrected chi connectivity index (χ3v) is 2.12. The first-order chi connectivity index (χ1) is 9.44. The van der Waals surface area contributed by atoms with Crippen LogP contribution in [0.5, 0.6) is 0 Å². The quantitative estimate of drug-likeness (QED) is 0.939. The SMILES string of the molecule is O=C(Nc1ccc(-c2ncon2)cc1)OCC(F)(F)F. The van der Waals surface area contributed by atoms with E-state index in [1.54, 1.807) is 12.1 Å². The van der Waals surface area contributed by atoms with Gasteiger partial charge < -0.3 is 9.26 Å². The van der Waals surface area contributed by atoms with Crippen LogP contribution in [0.4, 0.5) is 23.7 Å². The van der Waals surface area contributed by atoms with Gasteiger partial charge >= 0.3 is 12.3 Å². The minimum Gasteiger partial charge on any atom is -0.440 e. The molecule has 1 aromatic carbocycles. The van der Waals surface area contributed by atoms with Gasteiger partial charge in [0, 0.05) is 11.3 Å². The van der Waals surface area contributed by atoms with Crippen molar-refractivity contribution in [2.24, 2.45) is 0 Å². The topological polar surface area (TPSA) is 77.3 Å². The average molecular weight is 287 g/mol. The standard InChI is InChI=1S/C11H8F3N3O3/c12-11(13,14)5-19-10(18)16-8-3-1-7(2-4-8)9-15-6-20-17-9/h1-4,6H,5H2,(H,16,18). The number of aromatic nitrogens is 2. The second-order valence-corrected chi connectivity index (χ2v) is 3.65. The molecule has 0 aliphatic rings. The van der Waals surface area contributed by atoms with Crippen molar-refractivity contribution in [1.82, 2.24) is 10.1 Å². The first-order valence-corrected chi connectivity index (χ1v) is 5.31. The summed E-state index contributed by atoms with van der Waals surface area (Å²) in [5.41, 5.74) is 0.914. The number of carbonyl (C=O) groups is 1. The molecule has 0 fully saturated rings. The lowest BCUT2D eigenvalue weighted by molar-refractivity contribution is -0.159. The number of benzene rings is 1. The molecule has 0 atom stereocenters. The van der Waals surface area contributed by atoms with Gasteiger partial charge in [-0.1, -0.05) is 5.16 Å². The first kappa shape index (κ1) is 13.8. The summed E-state index contributed by atoms with van der Waals surface area (Å²) in [5, 5.41) is 5.77. The molecular weight excluding hydrogens is 279 g/mol. The minimum absolute atomic E-state index is 0.282. The normalized spacial score (nSPS) is 11.2. The summed E-state index contributed by atoms with van der Waals surface area (Å²) in [6.45, 7) is -1.64. The van der Waals surface area contributed by atoms with E-state index in [2.05, 4.69) is 24.7 Å². The Bertz CT molecular complexity index is 567. The number of halogens is 3. The Morgan fingerprint density at radius 1 is 1.30 bits per heavy atom. The maximum absolute atomic E-state index is 11.8. The number of rotatable bonds is 3. The van der Waals surface area contributed by atoms with Gasteiger partial charge in [0.05, 0.1) is 0 Å². The van der Waals surface area contributed by atoms with Gasteiger partial charge in [0.25, 0.3) is 0 Å². The Morgan fingerprint density at radius 2 is 2.00 bits per heavy atom. The molecule has 0 aliphatic heterocycles. The van der Waals surface area contributed by atoms with Crippen molar-refractivity contribution < 1.29 is 27.2 Å². The van der Waals surface area contributed by atoms with Crippen molar-refractivity contribution in [3.05, 3.63) is 30.7 Å². The highest BCUT2D eigenvalue weighted by Gasteiger charge is 2.29. The van der Waals surface area contributed by atoms with Crippen molar-refractivity contribution in [3.8, 4) is 11.4 Å². The van der Waals surface area contributed by atoms with E-state index in [0.717, 1.165) is 6.39 Å². The summed E-state index contributed by atoms with van der Waals surface area (Å²) in [4.78, 5) is 14.9. The fourth-order valence-electron chi connectivity index (χ4n) is 1.30. The number of hydrogen-bond donors (Lipinski definition) is 1. The lowest BCUT2D eigenvalue weighted by Gasteiger charge is -2.09. The maximum atomic E-state index is 11.8. The Kier molecular flexibility index (Phi) is 3.87. The molecule has 0 saturated carbocycles. The van der Waals surface area contributed by atoms with Crippen molar-refractivity contribution in [3.63, 3.8) is 0 Å². The molecule has 0 radical (unpaired) electrons. The molecule has 6 nitrogen and oxygen atoms in total. The number of carbonyl (C=O) groups excluding carboxylic acids is 1. The van der Waals surface area contributed by atoms with Crippen LogP contribution in [0.2, 0.25) is 0 Å². The fraction of sp³-hybridized carbons (Fsp3) is 0.182. The fourth-order valence-corrected chi connectivity index (χ4v) is 1.30. The Hall–Kier alpha value is -2.58. The van der Waals surface area contributed by atoms with Crippen molar-refractivity contribution in [1.29, 1.82) is 0 Å². The number of ether oxygens (including phenoxy) is 1. The van der Waals surface area contributed by atoms with E-state index in [0.29, 0.717) is 11.4 Å². The molecule has 0 aliphatic carbocycles. The Morgan fingerprint density at radius 3 is 2.55 bits per heavy atom. The van der Waals surface area contributed by atoms with Gasteiger partial charge in [-0.05, 0) is 24.3 Å². The van der Waals surface area contributed by atoms with E-state index in [1.807, 2.05) is 0 Å². The molecule has 0 saturated heterocycles. The second-order valence-electron chi connectivity index (χ2n) is 3.65. The zero-order valence-corrected chi connectivity index (χ0v) is 9.85. The molecule has 0 unspecified atom stereocenters. The number of amides is 1. The van der Waals surface area contributed by atoms with Gasteiger partial charge in [-0.15, -0.1) is 0 Å².